The molecule has 0 aliphatic rings. The molecule has 6 heteroatoms. The first-order valence-electron chi connectivity index (χ1n) is 8.25. The predicted octanol–water partition coefficient (Wildman–Crippen LogP) is 2.47. The highest BCUT2D eigenvalue weighted by molar-refractivity contribution is 5.80. The van der Waals surface area contributed by atoms with Crippen molar-refractivity contribution in [3.8, 4) is 17.5 Å². The second kappa shape index (κ2) is 6.65. The van der Waals surface area contributed by atoms with Crippen LogP contribution in [-0.2, 0) is 6.42 Å². The lowest BCUT2D eigenvalue weighted by Crippen LogP contribution is -2.23. The molecule has 3 aromatic heterocycles. The number of aryl methyl sites for hydroxylation is 1. The third-order valence-corrected chi connectivity index (χ3v) is 4.00. The first kappa shape index (κ1) is 15.8. The molecule has 0 fully saturated rings. The molecule has 4 rings (SSSR count). The van der Waals surface area contributed by atoms with Gasteiger partial charge in [0.1, 0.15) is 16.9 Å². The molecule has 6 nitrogen and oxygen atoms in total. The molecule has 1 N–H and O–H groups in total. The summed E-state index contributed by atoms with van der Waals surface area (Å²) in [7, 11) is 0. The van der Waals surface area contributed by atoms with Crippen molar-refractivity contribution in [2.24, 2.45) is 0 Å². The van der Waals surface area contributed by atoms with Gasteiger partial charge in [0.25, 0.3) is 5.56 Å². The number of benzene rings is 1. The van der Waals surface area contributed by atoms with Gasteiger partial charge in [-0.25, -0.2) is 4.98 Å². The molecule has 0 amide bonds. The summed E-state index contributed by atoms with van der Waals surface area (Å²) in [5.74, 6) is 6.67. The van der Waals surface area contributed by atoms with Crippen LogP contribution in [0.1, 0.15) is 24.0 Å². The number of hydrogen-bond acceptors (Lipinski definition) is 4. The lowest BCUT2D eigenvalue weighted by atomic mass is 10.2. The zero-order chi connectivity index (χ0) is 17.9. The monoisotopic (exact) mass is 341 g/mol. The van der Waals surface area contributed by atoms with E-state index in [0.717, 1.165) is 11.3 Å². The van der Waals surface area contributed by atoms with Gasteiger partial charge in [0.05, 0.1) is 5.69 Å². The fraction of sp³-hybridized carbons (Fsp3) is 0.100. The zero-order valence-electron chi connectivity index (χ0n) is 14.1. The van der Waals surface area contributed by atoms with Gasteiger partial charge >= 0.3 is 0 Å². The molecule has 0 bridgehead atoms. The summed E-state index contributed by atoms with van der Waals surface area (Å²) in [6.07, 6.45) is 3.96. The number of hydrogen-bond donors (Lipinski definition) is 1. The molecule has 0 saturated carbocycles. The Balaban J connectivity index is 1.93. The number of fused-ring (bicyclic) bond motifs is 1. The van der Waals surface area contributed by atoms with E-state index in [4.69, 9.17) is 0 Å². The van der Waals surface area contributed by atoms with Crippen LogP contribution in [0.4, 0.5) is 0 Å². The second-order valence-corrected chi connectivity index (χ2v) is 5.64. The van der Waals surface area contributed by atoms with Crippen molar-refractivity contribution in [2.75, 3.05) is 0 Å². The molecule has 3 heterocycles. The lowest BCUT2D eigenvalue weighted by molar-refractivity contribution is 0.830. The summed E-state index contributed by atoms with van der Waals surface area (Å²) in [5, 5.41) is 7.41. The maximum Gasteiger partial charge on any atom is 0.270 e. The Labute approximate surface area is 149 Å². The maximum absolute atomic E-state index is 13.2. The molecule has 4 aromatic rings. The normalized spacial score (nSPS) is 10.5. The van der Waals surface area contributed by atoms with Crippen molar-refractivity contribution in [1.82, 2.24) is 24.7 Å². The molecule has 126 valence electrons. The van der Waals surface area contributed by atoms with E-state index >= 15 is 0 Å². The fourth-order valence-corrected chi connectivity index (χ4v) is 2.76. The molecule has 0 saturated heterocycles. The summed E-state index contributed by atoms with van der Waals surface area (Å²) in [4.78, 5) is 21.7. The third-order valence-electron chi connectivity index (χ3n) is 4.00. The van der Waals surface area contributed by atoms with Crippen LogP contribution < -0.4 is 5.56 Å². The second-order valence-electron chi connectivity index (χ2n) is 5.64. The quantitative estimate of drug-likeness (QED) is 0.568. The Hall–Kier alpha value is -3.72. The fourth-order valence-electron chi connectivity index (χ4n) is 2.76. The Kier molecular flexibility index (Phi) is 4.04. The average molecular weight is 341 g/mol. The van der Waals surface area contributed by atoms with E-state index in [1.165, 1.54) is 0 Å². The highest BCUT2D eigenvalue weighted by atomic mass is 16.1. The summed E-state index contributed by atoms with van der Waals surface area (Å²) in [5.41, 5.74) is 2.26. The van der Waals surface area contributed by atoms with Crippen LogP contribution in [0.3, 0.4) is 0 Å². The first-order chi connectivity index (χ1) is 12.8. The van der Waals surface area contributed by atoms with E-state index in [1.807, 2.05) is 37.3 Å². The van der Waals surface area contributed by atoms with Crippen LogP contribution in [0, 0.1) is 11.8 Å². The van der Waals surface area contributed by atoms with E-state index in [2.05, 4.69) is 32.0 Å². The number of H-pyrrole nitrogens is 1. The van der Waals surface area contributed by atoms with Crippen LogP contribution in [0.15, 0.2) is 59.7 Å². The minimum atomic E-state index is -0.175. The standard InChI is InChI=1S/C20H15N5O/c1-2-17-22-19-18(20(26)25(17)15-6-4-3-5-7-15)16(23-24-19)9-8-14-10-12-21-13-11-14/h3-7,10-13H,2H2,1H3,(H,23,24). The van der Waals surface area contributed by atoms with Gasteiger partial charge in [0.15, 0.2) is 5.65 Å². The smallest absolute Gasteiger partial charge is 0.268 e. The lowest BCUT2D eigenvalue weighted by Gasteiger charge is -2.10. The molecule has 0 atom stereocenters. The number of rotatable bonds is 2. The van der Waals surface area contributed by atoms with E-state index < -0.39 is 0 Å². The van der Waals surface area contributed by atoms with Gasteiger partial charge < -0.3 is 0 Å². The summed E-state index contributed by atoms with van der Waals surface area (Å²) in [6.45, 7) is 1.96. The van der Waals surface area contributed by atoms with Crippen molar-refractivity contribution < 1.29 is 0 Å². The Morgan fingerprint density at radius 2 is 1.85 bits per heavy atom. The van der Waals surface area contributed by atoms with Crippen molar-refractivity contribution in [1.29, 1.82) is 0 Å². The third kappa shape index (κ3) is 2.76. The highest BCUT2D eigenvalue weighted by Gasteiger charge is 2.16. The number of aromatic nitrogens is 5. The van der Waals surface area contributed by atoms with Crippen LogP contribution in [-0.4, -0.2) is 24.7 Å². The van der Waals surface area contributed by atoms with Crippen LogP contribution in [0.25, 0.3) is 16.7 Å². The van der Waals surface area contributed by atoms with E-state index in [9.17, 15) is 4.79 Å². The summed E-state index contributed by atoms with van der Waals surface area (Å²) < 4.78 is 1.62. The van der Waals surface area contributed by atoms with Gasteiger partial charge in [-0.1, -0.05) is 31.0 Å². The van der Waals surface area contributed by atoms with Crippen molar-refractivity contribution in [3.63, 3.8) is 0 Å². The van der Waals surface area contributed by atoms with Gasteiger partial charge in [0, 0.05) is 24.4 Å². The van der Waals surface area contributed by atoms with Gasteiger partial charge in [0.2, 0.25) is 0 Å². The molecule has 26 heavy (non-hydrogen) atoms. The summed E-state index contributed by atoms with van der Waals surface area (Å²) in [6, 6.07) is 13.1. The van der Waals surface area contributed by atoms with Crippen molar-refractivity contribution in [2.45, 2.75) is 13.3 Å². The largest absolute Gasteiger partial charge is 0.270 e. The summed E-state index contributed by atoms with van der Waals surface area (Å²) >= 11 is 0. The van der Waals surface area contributed by atoms with Crippen LogP contribution >= 0.6 is 0 Å². The predicted molar refractivity (Wildman–Crippen MR) is 99.1 cm³/mol. The van der Waals surface area contributed by atoms with Crippen molar-refractivity contribution in [3.05, 3.63) is 82.3 Å². The molecule has 0 radical (unpaired) electrons. The van der Waals surface area contributed by atoms with Crippen LogP contribution in [0.5, 0.6) is 0 Å². The van der Waals surface area contributed by atoms with E-state index in [0.29, 0.717) is 29.0 Å². The number of pyridine rings is 1. The van der Waals surface area contributed by atoms with Crippen LogP contribution in [0.2, 0.25) is 0 Å². The zero-order valence-corrected chi connectivity index (χ0v) is 14.1. The minimum Gasteiger partial charge on any atom is -0.268 e. The molecular weight excluding hydrogens is 326 g/mol. The molecule has 0 aliphatic carbocycles. The number of para-hydroxylation sites is 1. The van der Waals surface area contributed by atoms with E-state index in [1.54, 1.807) is 29.1 Å². The SMILES string of the molecule is CCc1nc2n[nH]c(C#Cc3ccncc3)c2c(=O)n1-c1ccccc1. The topological polar surface area (TPSA) is 76.5 Å². The Bertz CT molecular complexity index is 1180. The molecule has 0 aliphatic heterocycles. The highest BCUT2D eigenvalue weighted by Crippen LogP contribution is 2.14. The molecule has 0 unspecified atom stereocenters. The Morgan fingerprint density at radius 1 is 1.08 bits per heavy atom. The average Bonchev–Trinajstić information content (AvgIpc) is 3.11. The van der Waals surface area contributed by atoms with Gasteiger partial charge in [-0.05, 0) is 30.2 Å². The number of nitrogens with one attached hydrogen (secondary N) is 1. The number of aromatic amines is 1. The molecule has 0 spiro atoms. The molecule has 1 aromatic carbocycles. The minimum absolute atomic E-state index is 0.175. The molecular formula is C20H15N5O. The van der Waals surface area contributed by atoms with E-state index in [-0.39, 0.29) is 5.56 Å². The van der Waals surface area contributed by atoms with Crippen molar-refractivity contribution >= 4 is 11.0 Å². The van der Waals surface area contributed by atoms with Gasteiger partial charge in [-0.15, -0.1) is 0 Å². The first-order valence-corrected chi connectivity index (χ1v) is 8.25. The van der Waals surface area contributed by atoms with Gasteiger partial charge in [-0.2, -0.15) is 5.10 Å². The maximum atomic E-state index is 13.2. The van der Waals surface area contributed by atoms with Gasteiger partial charge in [-0.3, -0.25) is 19.4 Å². The Morgan fingerprint density at radius 3 is 2.58 bits per heavy atom. The number of nitrogens with zero attached hydrogens (tertiary/aromatic N) is 4.